The Morgan fingerprint density at radius 1 is 0.439 bits per heavy atom. The summed E-state index contributed by atoms with van der Waals surface area (Å²) in [6, 6.07) is 49.2. The van der Waals surface area contributed by atoms with E-state index < -0.39 is 0 Å². The first kappa shape index (κ1) is 24.5. The Kier molecular flexibility index (Phi) is 6.10. The molecular weight excluding hydrogens is 502 g/mol. The highest BCUT2D eigenvalue weighted by atomic mass is 16.1. The molecule has 0 aliphatic carbocycles. The van der Waals surface area contributed by atoms with Gasteiger partial charge in [-0.1, -0.05) is 121 Å². The molecule has 0 bridgehead atoms. The largest absolute Gasteiger partial charge is 0.289 e. The molecule has 6 aromatic carbocycles. The Morgan fingerprint density at radius 2 is 1.02 bits per heavy atom. The van der Waals surface area contributed by atoms with E-state index in [0.717, 1.165) is 38.5 Å². The van der Waals surface area contributed by atoms with Crippen LogP contribution in [0.25, 0.3) is 49.6 Å². The normalized spacial score (nSPS) is 11.1. The zero-order valence-electron chi connectivity index (χ0n) is 22.2. The van der Waals surface area contributed by atoms with Crippen molar-refractivity contribution in [2.75, 3.05) is 0 Å². The van der Waals surface area contributed by atoms with Gasteiger partial charge in [0.25, 0.3) is 5.56 Å². The molecule has 0 unspecified atom stereocenters. The lowest BCUT2D eigenvalue weighted by Crippen LogP contribution is -2.19. The number of carbonyl (C=O) groups excluding carboxylic acids is 1. The minimum Gasteiger partial charge on any atom is -0.289 e. The number of hydrogen-bond donors (Lipinski definition) is 0. The number of hydrogen-bond acceptors (Lipinski definition) is 2. The van der Waals surface area contributed by atoms with Gasteiger partial charge in [0.05, 0.1) is 5.52 Å². The number of aromatic nitrogens is 1. The van der Waals surface area contributed by atoms with Crippen LogP contribution in [0.4, 0.5) is 0 Å². The zero-order chi connectivity index (χ0) is 27.8. The summed E-state index contributed by atoms with van der Waals surface area (Å²) in [5.41, 5.74) is 6.83. The third-order valence-electron chi connectivity index (χ3n) is 7.62. The fraction of sp³-hybridized carbons (Fsp3) is 0. The Morgan fingerprint density at radius 3 is 1.73 bits per heavy atom. The number of carbonyl (C=O) groups is 1. The fourth-order valence-corrected chi connectivity index (χ4v) is 5.55. The van der Waals surface area contributed by atoms with Gasteiger partial charge >= 0.3 is 0 Å². The van der Waals surface area contributed by atoms with Gasteiger partial charge in [-0.2, -0.15) is 0 Å². The van der Waals surface area contributed by atoms with Crippen molar-refractivity contribution in [2.24, 2.45) is 0 Å². The molecule has 3 heteroatoms. The molecule has 0 aliphatic heterocycles. The summed E-state index contributed by atoms with van der Waals surface area (Å²) in [7, 11) is 0. The van der Waals surface area contributed by atoms with Crippen molar-refractivity contribution in [3.63, 3.8) is 0 Å². The molecule has 0 fully saturated rings. The summed E-state index contributed by atoms with van der Waals surface area (Å²) in [4.78, 5) is 27.5. The predicted octanol–water partition coefficient (Wildman–Crippen LogP) is 8.71. The highest BCUT2D eigenvalue weighted by molar-refractivity contribution is 6.10. The van der Waals surface area contributed by atoms with Gasteiger partial charge < -0.3 is 0 Å². The van der Waals surface area contributed by atoms with Crippen molar-refractivity contribution >= 4 is 27.5 Å². The molecule has 194 valence electrons. The first-order valence-electron chi connectivity index (χ1n) is 13.6. The maximum atomic E-state index is 13.9. The van der Waals surface area contributed by atoms with Gasteiger partial charge in [0, 0.05) is 27.6 Å². The van der Waals surface area contributed by atoms with Crippen LogP contribution in [-0.2, 0) is 0 Å². The zero-order valence-corrected chi connectivity index (χ0v) is 22.2. The average molecular weight is 528 g/mol. The average Bonchev–Trinajstić information content (AvgIpc) is 3.05. The van der Waals surface area contributed by atoms with E-state index in [1.54, 1.807) is 10.6 Å². The number of fused-ring (bicyclic) bond motifs is 3. The smallest absolute Gasteiger partial charge is 0.263 e. The Labute approximate surface area is 237 Å². The molecule has 1 aromatic heterocycles. The number of nitrogens with zero attached hydrogens (tertiary/aromatic N) is 1. The molecule has 7 aromatic rings. The molecule has 0 radical (unpaired) electrons. The fourth-order valence-electron chi connectivity index (χ4n) is 5.55. The first-order valence-corrected chi connectivity index (χ1v) is 13.6. The monoisotopic (exact) mass is 527 g/mol. The molecule has 0 saturated carbocycles. The molecule has 1 heterocycles. The van der Waals surface area contributed by atoms with E-state index in [1.165, 1.54) is 0 Å². The number of benzene rings is 6. The lowest BCUT2D eigenvalue weighted by Gasteiger charge is -2.15. The summed E-state index contributed by atoms with van der Waals surface area (Å²) in [6.45, 7) is 0. The second-order valence-electron chi connectivity index (χ2n) is 10.1. The van der Waals surface area contributed by atoms with Gasteiger partial charge in [-0.25, -0.2) is 0 Å². The number of ketones is 1. The highest BCUT2D eigenvalue weighted by Crippen LogP contribution is 2.30. The summed E-state index contributed by atoms with van der Waals surface area (Å²) in [6.07, 6.45) is 0. The molecule has 41 heavy (non-hydrogen) atoms. The van der Waals surface area contributed by atoms with Crippen LogP contribution in [0.2, 0.25) is 0 Å². The topological polar surface area (TPSA) is 39.1 Å². The van der Waals surface area contributed by atoms with Gasteiger partial charge in [-0.15, -0.1) is 0 Å². The van der Waals surface area contributed by atoms with Crippen LogP contribution in [0.3, 0.4) is 0 Å². The lowest BCUT2D eigenvalue weighted by molar-refractivity contribution is 0.103. The molecule has 0 amide bonds. The first-order chi connectivity index (χ1) is 20.2. The van der Waals surface area contributed by atoms with E-state index >= 15 is 0 Å². The van der Waals surface area contributed by atoms with Gasteiger partial charge in [-0.05, 0) is 58.0 Å². The second kappa shape index (κ2) is 10.2. The Hall–Kier alpha value is -5.54. The van der Waals surface area contributed by atoms with E-state index in [9.17, 15) is 9.59 Å². The van der Waals surface area contributed by atoms with E-state index in [4.69, 9.17) is 0 Å². The van der Waals surface area contributed by atoms with Gasteiger partial charge in [-0.3, -0.25) is 14.2 Å². The summed E-state index contributed by atoms with van der Waals surface area (Å²) in [5, 5.41) is 2.53. The Bertz CT molecular complexity index is 2110. The number of pyridine rings is 1. The molecule has 3 nitrogen and oxygen atoms in total. The van der Waals surface area contributed by atoms with Crippen molar-refractivity contribution in [1.29, 1.82) is 0 Å². The standard InChI is InChI=1S/C38H25NO2/c40-37(29-20-18-28(19-21-29)26-10-3-1-4-11-26)31-14-9-15-32(24-31)39-36-23-22-30(27-12-5-2-6-13-27)25-35(36)33-16-7-8-17-34(33)38(39)41/h1-25H. The van der Waals surface area contributed by atoms with Crippen LogP contribution in [0, 0.1) is 0 Å². The maximum absolute atomic E-state index is 13.9. The molecule has 0 N–H and O–H groups in total. The molecule has 0 aliphatic rings. The maximum Gasteiger partial charge on any atom is 0.263 e. The minimum atomic E-state index is -0.114. The van der Waals surface area contributed by atoms with E-state index in [0.29, 0.717) is 22.2 Å². The van der Waals surface area contributed by atoms with Crippen LogP contribution in [-0.4, -0.2) is 10.4 Å². The molecule has 7 rings (SSSR count). The van der Waals surface area contributed by atoms with Crippen LogP contribution < -0.4 is 5.56 Å². The van der Waals surface area contributed by atoms with Crippen LogP contribution in [0.5, 0.6) is 0 Å². The minimum absolute atomic E-state index is 0.0871. The van der Waals surface area contributed by atoms with Gasteiger partial charge in [0.1, 0.15) is 0 Å². The summed E-state index contributed by atoms with van der Waals surface area (Å²) in [5.74, 6) is -0.0871. The van der Waals surface area contributed by atoms with Crippen molar-refractivity contribution < 1.29 is 4.79 Å². The molecular formula is C38H25NO2. The van der Waals surface area contributed by atoms with E-state index in [1.807, 2.05) is 115 Å². The predicted molar refractivity (Wildman–Crippen MR) is 168 cm³/mol. The molecule has 0 spiro atoms. The lowest BCUT2D eigenvalue weighted by atomic mass is 9.98. The summed E-state index contributed by atoms with van der Waals surface area (Å²) >= 11 is 0. The van der Waals surface area contributed by atoms with E-state index in [-0.39, 0.29) is 11.3 Å². The second-order valence-corrected chi connectivity index (χ2v) is 10.1. The molecule has 0 atom stereocenters. The van der Waals surface area contributed by atoms with E-state index in [2.05, 4.69) is 30.3 Å². The third kappa shape index (κ3) is 4.44. The highest BCUT2D eigenvalue weighted by Gasteiger charge is 2.16. The van der Waals surface area contributed by atoms with Gasteiger partial charge in [0.2, 0.25) is 0 Å². The van der Waals surface area contributed by atoms with Crippen molar-refractivity contribution in [3.05, 3.63) is 173 Å². The van der Waals surface area contributed by atoms with Crippen LogP contribution in [0.1, 0.15) is 15.9 Å². The number of rotatable bonds is 5. The van der Waals surface area contributed by atoms with Crippen LogP contribution in [0.15, 0.2) is 156 Å². The Balaban J connectivity index is 1.34. The SMILES string of the molecule is O=C(c1ccc(-c2ccccc2)cc1)c1cccc(-n2c(=O)c3ccccc3c3cc(-c4ccccc4)ccc32)c1. The molecule has 0 saturated heterocycles. The third-order valence-corrected chi connectivity index (χ3v) is 7.62. The van der Waals surface area contributed by atoms with Crippen LogP contribution >= 0.6 is 0 Å². The summed E-state index contributed by atoms with van der Waals surface area (Å²) < 4.78 is 1.72. The van der Waals surface area contributed by atoms with Crippen molar-refractivity contribution in [2.45, 2.75) is 0 Å². The van der Waals surface area contributed by atoms with Gasteiger partial charge in [0.15, 0.2) is 5.78 Å². The quantitative estimate of drug-likeness (QED) is 0.166. The van der Waals surface area contributed by atoms with Crippen molar-refractivity contribution in [1.82, 2.24) is 4.57 Å². The van der Waals surface area contributed by atoms with Crippen molar-refractivity contribution in [3.8, 4) is 27.9 Å².